The fourth-order valence-electron chi connectivity index (χ4n) is 2.00. The molecule has 0 saturated carbocycles. The van der Waals surface area contributed by atoms with Crippen molar-refractivity contribution in [3.8, 4) is 0 Å². The fourth-order valence-corrected chi connectivity index (χ4v) is 2.19. The molecule has 2 rings (SSSR count). The van der Waals surface area contributed by atoms with E-state index in [1.807, 2.05) is 30.3 Å². The number of likely N-dealkylation sites (tertiary alicyclic amines) is 1. The largest absolute Gasteiger partial charge is 0.299 e. The van der Waals surface area contributed by atoms with Crippen molar-refractivity contribution in [3.63, 3.8) is 0 Å². The third kappa shape index (κ3) is 2.96. The van der Waals surface area contributed by atoms with Crippen LogP contribution in [0.25, 0.3) is 6.08 Å². The van der Waals surface area contributed by atoms with E-state index in [2.05, 4.69) is 11.8 Å². The smallest absolute Gasteiger partial charge is 0.161 e. The highest BCUT2D eigenvalue weighted by Gasteiger charge is 2.20. The number of likely N-dealkylation sites (N-methyl/N-ethyl adjacent to an activating group) is 1. The number of benzene rings is 1. The first-order valence-electron chi connectivity index (χ1n) is 5.91. The third-order valence-corrected chi connectivity index (χ3v) is 3.43. The van der Waals surface area contributed by atoms with Crippen LogP contribution >= 0.6 is 11.6 Å². The fraction of sp³-hybridized carbons (Fsp3) is 0.357. The number of hydrogen-bond acceptors (Lipinski definition) is 2. The molecule has 0 aliphatic carbocycles. The molecule has 1 aliphatic rings. The summed E-state index contributed by atoms with van der Waals surface area (Å²) < 4.78 is 0. The first-order valence-corrected chi connectivity index (χ1v) is 6.29. The molecule has 0 radical (unpaired) electrons. The Balaban J connectivity index is 2.25. The summed E-state index contributed by atoms with van der Waals surface area (Å²) in [5, 5.41) is 0.696. The standard InChI is InChI=1S/C14H16ClNO/c1-2-16-8-7-14(17)12(10-16)9-11-5-3-4-6-13(11)15/h3-6,9H,2,7-8,10H2,1H3/b12-9+. The zero-order chi connectivity index (χ0) is 12.3. The van der Waals surface area contributed by atoms with E-state index in [0.29, 0.717) is 11.4 Å². The second-order valence-corrected chi connectivity index (χ2v) is 4.64. The van der Waals surface area contributed by atoms with Crippen LogP contribution in [-0.2, 0) is 4.79 Å². The normalized spacial score (nSPS) is 19.9. The van der Waals surface area contributed by atoms with Crippen molar-refractivity contribution in [1.82, 2.24) is 4.90 Å². The van der Waals surface area contributed by atoms with E-state index in [-0.39, 0.29) is 5.78 Å². The molecule has 1 aromatic carbocycles. The van der Waals surface area contributed by atoms with Crippen molar-refractivity contribution >= 4 is 23.5 Å². The van der Waals surface area contributed by atoms with Crippen LogP contribution in [0.15, 0.2) is 29.8 Å². The van der Waals surface area contributed by atoms with Crippen LogP contribution in [0.3, 0.4) is 0 Å². The van der Waals surface area contributed by atoms with E-state index in [9.17, 15) is 4.79 Å². The molecule has 1 aromatic rings. The van der Waals surface area contributed by atoms with Gasteiger partial charge in [0.05, 0.1) is 0 Å². The van der Waals surface area contributed by atoms with Gasteiger partial charge in [0.25, 0.3) is 0 Å². The van der Waals surface area contributed by atoms with Gasteiger partial charge in [-0.05, 0) is 24.3 Å². The highest BCUT2D eigenvalue weighted by molar-refractivity contribution is 6.32. The van der Waals surface area contributed by atoms with Crippen LogP contribution in [0.4, 0.5) is 0 Å². The number of piperidine rings is 1. The molecular weight excluding hydrogens is 234 g/mol. The van der Waals surface area contributed by atoms with Gasteiger partial charge in [0.2, 0.25) is 0 Å². The summed E-state index contributed by atoms with van der Waals surface area (Å²) in [4.78, 5) is 14.1. The summed E-state index contributed by atoms with van der Waals surface area (Å²) in [7, 11) is 0. The maximum Gasteiger partial charge on any atom is 0.161 e. The van der Waals surface area contributed by atoms with E-state index in [4.69, 9.17) is 11.6 Å². The van der Waals surface area contributed by atoms with E-state index in [1.54, 1.807) is 0 Å². The first kappa shape index (κ1) is 12.3. The van der Waals surface area contributed by atoms with Crippen molar-refractivity contribution < 1.29 is 4.79 Å². The molecule has 0 atom stereocenters. The number of ketones is 1. The van der Waals surface area contributed by atoms with Gasteiger partial charge in [-0.1, -0.05) is 36.7 Å². The number of hydrogen-bond donors (Lipinski definition) is 0. The van der Waals surface area contributed by atoms with Crippen molar-refractivity contribution in [1.29, 1.82) is 0 Å². The van der Waals surface area contributed by atoms with Crippen LogP contribution in [0.2, 0.25) is 5.02 Å². The Kier molecular flexibility index (Phi) is 3.97. The minimum atomic E-state index is 0.245. The van der Waals surface area contributed by atoms with Crippen molar-refractivity contribution in [2.45, 2.75) is 13.3 Å². The molecule has 1 heterocycles. The number of carbonyl (C=O) groups is 1. The number of carbonyl (C=O) groups excluding carboxylic acids is 1. The van der Waals surface area contributed by atoms with Gasteiger partial charge in [0.15, 0.2) is 5.78 Å². The number of halogens is 1. The van der Waals surface area contributed by atoms with Gasteiger partial charge in [-0.3, -0.25) is 9.69 Å². The summed E-state index contributed by atoms with van der Waals surface area (Å²) in [6, 6.07) is 7.61. The molecule has 90 valence electrons. The van der Waals surface area contributed by atoms with Crippen molar-refractivity contribution in [3.05, 3.63) is 40.4 Å². The number of Topliss-reactive ketones (excluding diaryl/α,β-unsaturated/α-hetero) is 1. The molecule has 3 heteroatoms. The van der Waals surface area contributed by atoms with Gasteiger partial charge in [-0.15, -0.1) is 0 Å². The van der Waals surface area contributed by atoms with Gasteiger partial charge < -0.3 is 0 Å². The van der Waals surface area contributed by atoms with E-state index in [1.165, 1.54) is 0 Å². The molecule has 0 N–H and O–H groups in total. The minimum absolute atomic E-state index is 0.245. The van der Waals surface area contributed by atoms with Gasteiger partial charge in [-0.25, -0.2) is 0 Å². The van der Waals surface area contributed by atoms with Gasteiger partial charge in [0, 0.05) is 30.1 Å². The molecule has 0 aromatic heterocycles. The van der Waals surface area contributed by atoms with Gasteiger partial charge in [0.1, 0.15) is 0 Å². The molecule has 0 unspecified atom stereocenters. The monoisotopic (exact) mass is 249 g/mol. The third-order valence-electron chi connectivity index (χ3n) is 3.09. The van der Waals surface area contributed by atoms with Crippen molar-refractivity contribution in [2.75, 3.05) is 19.6 Å². The lowest BCUT2D eigenvalue weighted by molar-refractivity contribution is -0.117. The molecule has 1 saturated heterocycles. The maximum atomic E-state index is 11.8. The Labute approximate surface area is 107 Å². The minimum Gasteiger partial charge on any atom is -0.299 e. The molecule has 0 bridgehead atoms. The lowest BCUT2D eigenvalue weighted by Gasteiger charge is -2.26. The Morgan fingerprint density at radius 2 is 2.18 bits per heavy atom. The predicted molar refractivity (Wildman–Crippen MR) is 71.2 cm³/mol. The molecule has 1 aliphatic heterocycles. The van der Waals surface area contributed by atoms with Gasteiger partial charge >= 0.3 is 0 Å². The SMILES string of the molecule is CCN1CCC(=O)/C(=C/c2ccccc2Cl)C1. The van der Waals surface area contributed by atoms with Gasteiger partial charge in [-0.2, -0.15) is 0 Å². The second kappa shape index (κ2) is 5.48. The van der Waals surface area contributed by atoms with Crippen LogP contribution in [0.1, 0.15) is 18.9 Å². The quantitative estimate of drug-likeness (QED) is 0.751. The number of nitrogens with zero attached hydrogens (tertiary/aromatic N) is 1. The molecule has 2 nitrogen and oxygen atoms in total. The first-order chi connectivity index (χ1) is 8.20. The van der Waals surface area contributed by atoms with E-state index in [0.717, 1.165) is 30.8 Å². The summed E-state index contributed by atoms with van der Waals surface area (Å²) in [5.41, 5.74) is 1.79. The Bertz CT molecular complexity index is 453. The second-order valence-electron chi connectivity index (χ2n) is 4.23. The number of rotatable bonds is 2. The lowest BCUT2D eigenvalue weighted by Crippen LogP contribution is -2.35. The average Bonchev–Trinajstić information content (AvgIpc) is 2.35. The Morgan fingerprint density at radius 3 is 2.88 bits per heavy atom. The Morgan fingerprint density at radius 1 is 1.41 bits per heavy atom. The molecule has 1 fully saturated rings. The highest BCUT2D eigenvalue weighted by Crippen LogP contribution is 2.21. The average molecular weight is 250 g/mol. The summed E-state index contributed by atoms with van der Waals surface area (Å²) in [5.74, 6) is 0.245. The molecule has 0 spiro atoms. The van der Waals surface area contributed by atoms with Crippen LogP contribution < -0.4 is 0 Å². The molecular formula is C14H16ClNO. The van der Waals surface area contributed by atoms with E-state index >= 15 is 0 Å². The van der Waals surface area contributed by atoms with Crippen LogP contribution in [0, 0.1) is 0 Å². The zero-order valence-corrected chi connectivity index (χ0v) is 10.7. The van der Waals surface area contributed by atoms with Crippen molar-refractivity contribution in [2.24, 2.45) is 0 Å². The highest BCUT2D eigenvalue weighted by atomic mass is 35.5. The van der Waals surface area contributed by atoms with Crippen LogP contribution in [-0.4, -0.2) is 30.3 Å². The Hall–Kier alpha value is -1.12. The molecule has 0 amide bonds. The molecule has 17 heavy (non-hydrogen) atoms. The van der Waals surface area contributed by atoms with E-state index < -0.39 is 0 Å². The summed E-state index contributed by atoms with van der Waals surface area (Å²) in [6.07, 6.45) is 2.54. The lowest BCUT2D eigenvalue weighted by atomic mass is 10.0. The zero-order valence-electron chi connectivity index (χ0n) is 9.95. The maximum absolute atomic E-state index is 11.8. The summed E-state index contributed by atoms with van der Waals surface area (Å²) >= 11 is 6.09. The summed E-state index contributed by atoms with van der Waals surface area (Å²) in [6.45, 7) is 4.70. The predicted octanol–water partition coefficient (Wildman–Crippen LogP) is 3.02. The topological polar surface area (TPSA) is 20.3 Å². The van der Waals surface area contributed by atoms with Crippen LogP contribution in [0.5, 0.6) is 0 Å².